The van der Waals surface area contributed by atoms with Crippen molar-refractivity contribution in [3.05, 3.63) is 54.6 Å². The molecular weight excluding hydrogens is 250 g/mol. The van der Waals surface area contributed by atoms with Crippen molar-refractivity contribution in [3.8, 4) is 22.6 Å². The van der Waals surface area contributed by atoms with Gasteiger partial charge in [-0.15, -0.1) is 0 Å². The molecule has 0 saturated carbocycles. The molecule has 0 bridgehead atoms. The molecule has 0 aromatic heterocycles. The van der Waals surface area contributed by atoms with Gasteiger partial charge in [-0.25, -0.2) is 0 Å². The fraction of sp³-hybridized carbons (Fsp3) is 0.0588. The summed E-state index contributed by atoms with van der Waals surface area (Å²) in [5.74, 6) is 0.308. The summed E-state index contributed by atoms with van der Waals surface area (Å²) in [6, 6.07) is 16.6. The molecule has 20 heavy (non-hydrogen) atoms. The van der Waals surface area contributed by atoms with Gasteiger partial charge in [0.05, 0.1) is 0 Å². The van der Waals surface area contributed by atoms with Crippen molar-refractivity contribution in [1.82, 2.24) is 0 Å². The van der Waals surface area contributed by atoms with Gasteiger partial charge in [0.1, 0.15) is 11.5 Å². The lowest BCUT2D eigenvalue weighted by atomic mass is 9.96. The largest absolute Gasteiger partial charge is 0.507 e. The van der Waals surface area contributed by atoms with Gasteiger partial charge in [-0.05, 0) is 35.0 Å². The molecule has 0 fully saturated rings. The molecular formula is C17H15NO2. The van der Waals surface area contributed by atoms with Crippen molar-refractivity contribution < 1.29 is 10.2 Å². The predicted octanol–water partition coefficient (Wildman–Crippen LogP) is 3.96. The number of hydrogen-bond donors (Lipinski definition) is 3. The molecule has 0 aliphatic rings. The Bertz CT molecular complexity index is 781. The second kappa shape index (κ2) is 4.78. The number of nitrogens with one attached hydrogen (secondary N) is 1. The van der Waals surface area contributed by atoms with E-state index in [9.17, 15) is 10.2 Å². The van der Waals surface area contributed by atoms with Gasteiger partial charge in [-0.2, -0.15) is 0 Å². The second-order valence-corrected chi connectivity index (χ2v) is 4.66. The first-order valence-corrected chi connectivity index (χ1v) is 6.42. The van der Waals surface area contributed by atoms with Crippen LogP contribution in [0.25, 0.3) is 21.9 Å². The SMILES string of the molecule is CNc1ccc(O)c(-c2c(O)ccc3ccccc23)c1. The summed E-state index contributed by atoms with van der Waals surface area (Å²) in [4.78, 5) is 0. The lowest BCUT2D eigenvalue weighted by Gasteiger charge is -2.12. The molecule has 3 aromatic carbocycles. The number of fused-ring (bicyclic) bond motifs is 1. The third-order valence-corrected chi connectivity index (χ3v) is 3.46. The molecule has 3 rings (SSSR count). The van der Waals surface area contributed by atoms with Crippen LogP contribution in [-0.4, -0.2) is 17.3 Å². The van der Waals surface area contributed by atoms with Gasteiger partial charge in [-0.3, -0.25) is 0 Å². The highest BCUT2D eigenvalue weighted by Gasteiger charge is 2.13. The van der Waals surface area contributed by atoms with Gasteiger partial charge in [-0.1, -0.05) is 30.3 Å². The highest BCUT2D eigenvalue weighted by molar-refractivity contribution is 6.01. The number of phenolic OH excluding ortho intramolecular Hbond substituents is 2. The summed E-state index contributed by atoms with van der Waals surface area (Å²) >= 11 is 0. The number of benzene rings is 3. The van der Waals surface area contributed by atoms with Crippen molar-refractivity contribution >= 4 is 16.5 Å². The molecule has 0 unspecified atom stereocenters. The fourth-order valence-electron chi connectivity index (χ4n) is 2.43. The predicted molar refractivity (Wildman–Crippen MR) is 82.3 cm³/mol. The van der Waals surface area contributed by atoms with Gasteiger partial charge in [0.2, 0.25) is 0 Å². The third kappa shape index (κ3) is 1.93. The zero-order chi connectivity index (χ0) is 14.1. The van der Waals surface area contributed by atoms with Crippen molar-refractivity contribution in [2.45, 2.75) is 0 Å². The van der Waals surface area contributed by atoms with Gasteiger partial charge < -0.3 is 15.5 Å². The van der Waals surface area contributed by atoms with Crippen LogP contribution in [0.2, 0.25) is 0 Å². The van der Waals surface area contributed by atoms with E-state index < -0.39 is 0 Å². The Kier molecular flexibility index (Phi) is 2.95. The van der Waals surface area contributed by atoms with E-state index in [1.165, 1.54) is 0 Å². The highest BCUT2D eigenvalue weighted by atomic mass is 16.3. The maximum atomic E-state index is 10.2. The van der Waals surface area contributed by atoms with Crippen molar-refractivity contribution in [1.29, 1.82) is 0 Å². The highest BCUT2D eigenvalue weighted by Crippen LogP contribution is 2.41. The van der Waals surface area contributed by atoms with Crippen LogP contribution in [0.4, 0.5) is 5.69 Å². The summed E-state index contributed by atoms with van der Waals surface area (Å²) in [7, 11) is 1.82. The van der Waals surface area contributed by atoms with E-state index >= 15 is 0 Å². The maximum Gasteiger partial charge on any atom is 0.124 e. The zero-order valence-electron chi connectivity index (χ0n) is 11.1. The molecule has 3 N–H and O–H groups in total. The number of phenols is 2. The minimum absolute atomic E-state index is 0.149. The topological polar surface area (TPSA) is 52.5 Å². The molecule has 0 amide bonds. The average molecular weight is 265 g/mol. The molecule has 0 saturated heterocycles. The summed E-state index contributed by atoms with van der Waals surface area (Å²) < 4.78 is 0. The summed E-state index contributed by atoms with van der Waals surface area (Å²) in [6.45, 7) is 0. The van der Waals surface area contributed by atoms with E-state index in [0.29, 0.717) is 11.1 Å². The van der Waals surface area contributed by atoms with Crippen LogP contribution < -0.4 is 5.32 Å². The quantitative estimate of drug-likeness (QED) is 0.615. The first-order chi connectivity index (χ1) is 9.70. The summed E-state index contributed by atoms with van der Waals surface area (Å²) in [6.07, 6.45) is 0. The van der Waals surface area contributed by atoms with Crippen molar-refractivity contribution in [2.75, 3.05) is 12.4 Å². The normalized spacial score (nSPS) is 10.7. The molecule has 100 valence electrons. The lowest BCUT2D eigenvalue weighted by Crippen LogP contribution is -1.90. The van der Waals surface area contributed by atoms with Gasteiger partial charge in [0, 0.05) is 23.9 Å². The molecule has 0 radical (unpaired) electrons. The van der Waals surface area contributed by atoms with Crippen LogP contribution in [0.1, 0.15) is 0 Å². The Morgan fingerprint density at radius 2 is 1.60 bits per heavy atom. The monoisotopic (exact) mass is 265 g/mol. The Hall–Kier alpha value is -2.68. The molecule has 0 aliphatic carbocycles. The van der Waals surface area contributed by atoms with Crippen LogP contribution in [0, 0.1) is 0 Å². The Morgan fingerprint density at radius 3 is 2.40 bits per heavy atom. The Balaban J connectivity index is 2.37. The lowest BCUT2D eigenvalue weighted by molar-refractivity contribution is 0.470. The van der Waals surface area contributed by atoms with Gasteiger partial charge >= 0.3 is 0 Å². The average Bonchev–Trinajstić information content (AvgIpc) is 2.48. The minimum Gasteiger partial charge on any atom is -0.507 e. The minimum atomic E-state index is 0.149. The smallest absolute Gasteiger partial charge is 0.124 e. The Morgan fingerprint density at radius 1 is 0.850 bits per heavy atom. The third-order valence-electron chi connectivity index (χ3n) is 3.46. The van der Waals surface area contributed by atoms with Crippen molar-refractivity contribution in [3.63, 3.8) is 0 Å². The van der Waals surface area contributed by atoms with Crippen LogP contribution in [-0.2, 0) is 0 Å². The molecule has 3 heteroatoms. The van der Waals surface area contributed by atoms with E-state index in [1.807, 2.05) is 43.4 Å². The molecule has 0 aliphatic heterocycles. The van der Waals surface area contributed by atoms with Crippen LogP contribution in [0.3, 0.4) is 0 Å². The Labute approximate surface area is 117 Å². The van der Waals surface area contributed by atoms with E-state index in [0.717, 1.165) is 16.5 Å². The number of hydrogen-bond acceptors (Lipinski definition) is 3. The first-order valence-electron chi connectivity index (χ1n) is 6.42. The van der Waals surface area contributed by atoms with E-state index in [1.54, 1.807) is 18.2 Å². The maximum absolute atomic E-state index is 10.2. The number of rotatable bonds is 2. The van der Waals surface area contributed by atoms with Crippen molar-refractivity contribution in [2.24, 2.45) is 0 Å². The number of aromatic hydroxyl groups is 2. The van der Waals surface area contributed by atoms with Crippen LogP contribution >= 0.6 is 0 Å². The molecule has 3 nitrogen and oxygen atoms in total. The zero-order valence-corrected chi connectivity index (χ0v) is 11.1. The summed E-state index contributed by atoms with van der Waals surface area (Å²) in [5.41, 5.74) is 2.15. The molecule has 3 aromatic rings. The van der Waals surface area contributed by atoms with E-state index in [2.05, 4.69) is 5.32 Å². The second-order valence-electron chi connectivity index (χ2n) is 4.66. The standard InChI is InChI=1S/C17H15NO2/c1-18-12-7-9-15(19)14(10-12)17-13-5-3-2-4-11(13)6-8-16(17)20/h2-10,18-20H,1H3. The first kappa shape index (κ1) is 12.4. The van der Waals surface area contributed by atoms with E-state index in [-0.39, 0.29) is 11.5 Å². The fourth-order valence-corrected chi connectivity index (χ4v) is 2.43. The number of anilines is 1. The van der Waals surface area contributed by atoms with Gasteiger partial charge in [0.25, 0.3) is 0 Å². The molecule has 0 spiro atoms. The summed E-state index contributed by atoms with van der Waals surface area (Å²) in [5, 5.41) is 25.3. The molecule has 0 atom stereocenters. The van der Waals surface area contributed by atoms with Crippen LogP contribution in [0.15, 0.2) is 54.6 Å². The van der Waals surface area contributed by atoms with Crippen LogP contribution in [0.5, 0.6) is 11.5 Å². The molecule has 0 heterocycles. The van der Waals surface area contributed by atoms with Gasteiger partial charge in [0.15, 0.2) is 0 Å². The van der Waals surface area contributed by atoms with E-state index in [4.69, 9.17) is 0 Å².